The van der Waals surface area contributed by atoms with Crippen molar-refractivity contribution < 1.29 is 13.5 Å². The van der Waals surface area contributed by atoms with E-state index in [4.69, 9.17) is 5.11 Å². The van der Waals surface area contributed by atoms with E-state index in [-0.39, 0.29) is 13.2 Å². The number of aliphatic hydroxyl groups is 1. The molecule has 17 heavy (non-hydrogen) atoms. The summed E-state index contributed by atoms with van der Waals surface area (Å²) in [5.41, 5.74) is 0. The Morgan fingerprint density at radius 3 is 2.59 bits per heavy atom. The summed E-state index contributed by atoms with van der Waals surface area (Å²) in [5, 5.41) is 8.94. The van der Waals surface area contributed by atoms with Gasteiger partial charge in [0.2, 0.25) is 0 Å². The summed E-state index contributed by atoms with van der Waals surface area (Å²) in [6, 6.07) is 3.30. The largest absolute Gasteiger partial charge is 0.395 e. The number of sulfonamides is 1. The van der Waals surface area contributed by atoms with E-state index in [0.717, 1.165) is 16.6 Å². The van der Waals surface area contributed by atoms with Gasteiger partial charge < -0.3 is 5.11 Å². The molecule has 1 aromatic heterocycles. The van der Waals surface area contributed by atoms with Crippen molar-refractivity contribution in [2.45, 2.75) is 24.0 Å². The third-order valence-corrected chi connectivity index (χ3v) is 6.24. The molecule has 0 fully saturated rings. The first-order chi connectivity index (χ1) is 8.02. The lowest BCUT2D eigenvalue weighted by Crippen LogP contribution is -2.34. The molecule has 1 aromatic rings. The molecule has 7 heteroatoms. The molecule has 0 aromatic carbocycles. The normalized spacial score (nSPS) is 12.2. The quantitative estimate of drug-likeness (QED) is 0.827. The number of hydrogen-bond acceptors (Lipinski definition) is 4. The first-order valence-corrected chi connectivity index (χ1v) is 8.43. The van der Waals surface area contributed by atoms with E-state index in [1.807, 2.05) is 6.92 Å². The fourth-order valence-corrected chi connectivity index (χ4v) is 5.00. The van der Waals surface area contributed by atoms with Gasteiger partial charge in [-0.15, -0.1) is 11.3 Å². The molecular weight excluding hydrogens is 326 g/mol. The first-order valence-electron chi connectivity index (χ1n) is 5.38. The molecule has 0 amide bonds. The van der Waals surface area contributed by atoms with Crippen molar-refractivity contribution in [3.05, 3.63) is 15.9 Å². The van der Waals surface area contributed by atoms with Crippen molar-refractivity contribution in [2.75, 3.05) is 19.7 Å². The molecule has 0 saturated heterocycles. The maximum atomic E-state index is 12.2. The van der Waals surface area contributed by atoms with Crippen molar-refractivity contribution in [1.29, 1.82) is 0 Å². The number of hydrogen-bond donors (Lipinski definition) is 1. The van der Waals surface area contributed by atoms with Gasteiger partial charge in [-0.1, -0.05) is 13.3 Å². The van der Waals surface area contributed by atoms with Gasteiger partial charge in [0.25, 0.3) is 10.0 Å². The standard InChI is InChI=1S/C10H16BrNO3S2/c1-2-3-6-12(7-8-13)17(14,15)10-5-4-9(11)16-10/h4-5,13H,2-3,6-8H2,1H3. The van der Waals surface area contributed by atoms with Crippen LogP contribution in [0.5, 0.6) is 0 Å². The van der Waals surface area contributed by atoms with Crippen LogP contribution in [0.4, 0.5) is 0 Å². The Morgan fingerprint density at radius 2 is 2.12 bits per heavy atom. The molecule has 0 atom stereocenters. The van der Waals surface area contributed by atoms with Crippen LogP contribution < -0.4 is 0 Å². The van der Waals surface area contributed by atoms with E-state index in [2.05, 4.69) is 15.9 Å². The zero-order chi connectivity index (χ0) is 12.9. The van der Waals surface area contributed by atoms with Crippen LogP contribution >= 0.6 is 27.3 Å². The molecule has 1 N–H and O–H groups in total. The highest BCUT2D eigenvalue weighted by Crippen LogP contribution is 2.28. The lowest BCUT2D eigenvalue weighted by molar-refractivity contribution is 0.252. The zero-order valence-electron chi connectivity index (χ0n) is 9.60. The van der Waals surface area contributed by atoms with Crippen LogP contribution in [0.1, 0.15) is 19.8 Å². The van der Waals surface area contributed by atoms with Gasteiger partial charge in [-0.05, 0) is 34.5 Å². The van der Waals surface area contributed by atoms with Gasteiger partial charge >= 0.3 is 0 Å². The molecule has 0 aliphatic rings. The van der Waals surface area contributed by atoms with Gasteiger partial charge in [0.15, 0.2) is 0 Å². The Morgan fingerprint density at radius 1 is 1.41 bits per heavy atom. The molecule has 0 radical (unpaired) electrons. The molecule has 1 rings (SSSR count). The highest BCUT2D eigenvalue weighted by Gasteiger charge is 2.24. The summed E-state index contributed by atoms with van der Waals surface area (Å²) in [6.07, 6.45) is 1.72. The van der Waals surface area contributed by atoms with E-state index in [9.17, 15) is 8.42 Å². The van der Waals surface area contributed by atoms with E-state index in [1.165, 1.54) is 15.6 Å². The van der Waals surface area contributed by atoms with Gasteiger partial charge in [0.05, 0.1) is 10.4 Å². The third-order valence-electron chi connectivity index (χ3n) is 2.25. The van der Waals surface area contributed by atoms with Crippen LogP contribution in [-0.2, 0) is 10.0 Å². The minimum atomic E-state index is -3.45. The smallest absolute Gasteiger partial charge is 0.252 e. The Hall–Kier alpha value is 0.0500. The summed E-state index contributed by atoms with van der Waals surface area (Å²) >= 11 is 4.44. The van der Waals surface area contributed by atoms with Gasteiger partial charge in [-0.2, -0.15) is 4.31 Å². The number of nitrogens with zero attached hydrogens (tertiary/aromatic N) is 1. The Balaban J connectivity index is 2.91. The molecule has 0 unspecified atom stereocenters. The van der Waals surface area contributed by atoms with Crippen LogP contribution in [0.2, 0.25) is 0 Å². The minimum absolute atomic E-state index is 0.151. The Labute approximate surface area is 114 Å². The minimum Gasteiger partial charge on any atom is -0.395 e. The summed E-state index contributed by atoms with van der Waals surface area (Å²) in [6.45, 7) is 2.45. The number of unbranched alkanes of at least 4 members (excludes halogenated alkanes) is 1. The molecule has 98 valence electrons. The third kappa shape index (κ3) is 4.03. The number of aliphatic hydroxyl groups excluding tert-OH is 1. The van der Waals surface area contributed by atoms with Crippen molar-refractivity contribution in [1.82, 2.24) is 4.31 Å². The Kier molecular flexibility index (Phi) is 6.08. The Bertz CT molecular complexity index is 444. The van der Waals surface area contributed by atoms with Crippen molar-refractivity contribution in [3.63, 3.8) is 0 Å². The maximum Gasteiger partial charge on any atom is 0.252 e. The summed E-state index contributed by atoms with van der Waals surface area (Å²) in [5.74, 6) is 0. The van der Waals surface area contributed by atoms with Crippen molar-refractivity contribution in [2.24, 2.45) is 0 Å². The molecule has 0 spiro atoms. The summed E-state index contributed by atoms with van der Waals surface area (Å²) < 4.78 is 26.9. The molecule has 4 nitrogen and oxygen atoms in total. The average molecular weight is 342 g/mol. The average Bonchev–Trinajstić information content (AvgIpc) is 2.71. The predicted molar refractivity (Wildman–Crippen MR) is 72.8 cm³/mol. The van der Waals surface area contributed by atoms with Gasteiger partial charge in [0, 0.05) is 13.1 Å². The predicted octanol–water partition coefficient (Wildman–Crippen LogP) is 2.29. The maximum absolute atomic E-state index is 12.2. The van der Waals surface area contributed by atoms with Crippen molar-refractivity contribution >= 4 is 37.3 Å². The van der Waals surface area contributed by atoms with Crippen LogP contribution in [0.15, 0.2) is 20.1 Å². The number of halogens is 1. The topological polar surface area (TPSA) is 57.6 Å². The fraction of sp³-hybridized carbons (Fsp3) is 0.600. The van der Waals surface area contributed by atoms with Crippen molar-refractivity contribution in [3.8, 4) is 0 Å². The molecule has 0 aliphatic carbocycles. The second-order valence-corrected chi connectivity index (χ2v) is 8.17. The lowest BCUT2D eigenvalue weighted by Gasteiger charge is -2.19. The van der Waals surface area contributed by atoms with Gasteiger partial charge in [0.1, 0.15) is 4.21 Å². The highest BCUT2D eigenvalue weighted by molar-refractivity contribution is 9.11. The SMILES string of the molecule is CCCCN(CCO)S(=O)(=O)c1ccc(Br)s1. The van der Waals surface area contributed by atoms with Crippen LogP contribution in [-0.4, -0.2) is 37.5 Å². The molecule has 1 heterocycles. The van der Waals surface area contributed by atoms with Crippen LogP contribution in [0.25, 0.3) is 0 Å². The molecule has 0 aliphatic heterocycles. The molecular formula is C10H16BrNO3S2. The zero-order valence-corrected chi connectivity index (χ0v) is 12.8. The van der Waals surface area contributed by atoms with Crippen LogP contribution in [0.3, 0.4) is 0 Å². The highest BCUT2D eigenvalue weighted by atomic mass is 79.9. The fourth-order valence-electron chi connectivity index (χ4n) is 1.36. The van der Waals surface area contributed by atoms with Gasteiger partial charge in [-0.3, -0.25) is 0 Å². The first kappa shape index (κ1) is 15.1. The molecule has 0 bridgehead atoms. The monoisotopic (exact) mass is 341 g/mol. The number of rotatable bonds is 7. The van der Waals surface area contributed by atoms with E-state index in [0.29, 0.717) is 10.8 Å². The molecule has 0 saturated carbocycles. The van der Waals surface area contributed by atoms with Crippen LogP contribution in [0, 0.1) is 0 Å². The lowest BCUT2D eigenvalue weighted by atomic mass is 10.3. The van der Waals surface area contributed by atoms with Gasteiger partial charge in [-0.25, -0.2) is 8.42 Å². The second kappa shape index (κ2) is 6.84. The number of thiophene rings is 1. The van der Waals surface area contributed by atoms with E-state index < -0.39 is 10.0 Å². The van der Waals surface area contributed by atoms with E-state index in [1.54, 1.807) is 12.1 Å². The summed E-state index contributed by atoms with van der Waals surface area (Å²) in [7, 11) is -3.45. The second-order valence-electron chi connectivity index (χ2n) is 3.54. The summed E-state index contributed by atoms with van der Waals surface area (Å²) in [4.78, 5) is 0. The van der Waals surface area contributed by atoms with E-state index >= 15 is 0 Å².